The highest BCUT2D eigenvalue weighted by molar-refractivity contribution is 6.32. The summed E-state index contributed by atoms with van der Waals surface area (Å²) in [7, 11) is 0. The van der Waals surface area contributed by atoms with Gasteiger partial charge in [0.15, 0.2) is 0 Å². The molecule has 0 spiro atoms. The van der Waals surface area contributed by atoms with Crippen molar-refractivity contribution < 1.29 is 14.8 Å². The minimum Gasteiger partial charge on any atom is -0.478 e. The van der Waals surface area contributed by atoms with E-state index in [0.29, 0.717) is 11.1 Å². The Hall–Kier alpha value is -1.88. The predicted octanol–water partition coefficient (Wildman–Crippen LogP) is 3.52. The molecular weight excluding hydrogens is 270 g/mol. The molecule has 1 aromatic rings. The second-order valence-electron chi connectivity index (χ2n) is 4.54. The Labute approximate surface area is 114 Å². The van der Waals surface area contributed by atoms with Gasteiger partial charge >= 0.3 is 5.97 Å². The fraction of sp³-hybridized carbons (Fsp3) is 0.308. The monoisotopic (exact) mass is 281 g/mol. The maximum Gasteiger partial charge on any atom is 0.331 e. The summed E-state index contributed by atoms with van der Waals surface area (Å²) in [6.45, 7) is 1.52. The van der Waals surface area contributed by atoms with Gasteiger partial charge in [-0.1, -0.05) is 17.7 Å². The first-order chi connectivity index (χ1) is 8.91. The molecule has 6 heteroatoms. The minimum absolute atomic E-state index is 0.0527. The number of nitro benzene ring substituents is 1. The number of benzene rings is 1. The number of carboxylic acid groups (broad SMARTS) is 1. The normalized spacial score (nSPS) is 15.9. The molecule has 1 fully saturated rings. The van der Waals surface area contributed by atoms with Crippen LogP contribution in [0.3, 0.4) is 0 Å². The predicted molar refractivity (Wildman–Crippen MR) is 71.1 cm³/mol. The molecule has 0 amide bonds. The Morgan fingerprint density at radius 2 is 2.11 bits per heavy atom. The van der Waals surface area contributed by atoms with Crippen LogP contribution in [0.5, 0.6) is 0 Å². The lowest BCUT2D eigenvalue weighted by Crippen LogP contribution is -2.03. The van der Waals surface area contributed by atoms with Crippen LogP contribution in [0.25, 0.3) is 5.57 Å². The maximum atomic E-state index is 11.1. The zero-order chi connectivity index (χ0) is 14.2. The Morgan fingerprint density at radius 1 is 1.47 bits per heavy atom. The van der Waals surface area contributed by atoms with E-state index in [4.69, 9.17) is 16.7 Å². The van der Waals surface area contributed by atoms with Gasteiger partial charge in [-0.3, -0.25) is 10.1 Å². The van der Waals surface area contributed by atoms with Crippen molar-refractivity contribution in [3.05, 3.63) is 44.5 Å². The van der Waals surface area contributed by atoms with Crippen molar-refractivity contribution in [2.75, 3.05) is 0 Å². The van der Waals surface area contributed by atoms with Gasteiger partial charge in [-0.05, 0) is 42.9 Å². The summed E-state index contributed by atoms with van der Waals surface area (Å²) >= 11 is 5.76. The quantitative estimate of drug-likeness (QED) is 0.520. The van der Waals surface area contributed by atoms with Crippen LogP contribution in [0.2, 0.25) is 5.02 Å². The Morgan fingerprint density at radius 3 is 2.58 bits per heavy atom. The van der Waals surface area contributed by atoms with Crippen molar-refractivity contribution in [1.82, 2.24) is 0 Å². The largest absolute Gasteiger partial charge is 0.478 e. The number of hydrogen-bond acceptors (Lipinski definition) is 3. The Bertz CT molecular complexity index is 590. The van der Waals surface area contributed by atoms with Crippen LogP contribution >= 0.6 is 11.6 Å². The summed E-state index contributed by atoms with van der Waals surface area (Å²) in [6.07, 6.45) is 1.83. The van der Waals surface area contributed by atoms with Crippen molar-refractivity contribution in [2.45, 2.75) is 19.8 Å². The number of hydrogen-bond donors (Lipinski definition) is 1. The molecule has 19 heavy (non-hydrogen) atoms. The van der Waals surface area contributed by atoms with Gasteiger partial charge in [0.2, 0.25) is 0 Å². The molecule has 0 saturated heterocycles. The van der Waals surface area contributed by atoms with E-state index in [2.05, 4.69) is 0 Å². The molecular formula is C13H12ClNO4. The number of nitrogens with zero attached hydrogens (tertiary/aromatic N) is 1. The molecule has 0 aromatic heterocycles. The number of aliphatic carboxylic acids is 1. The van der Waals surface area contributed by atoms with Gasteiger partial charge in [0.05, 0.1) is 4.92 Å². The van der Waals surface area contributed by atoms with Gasteiger partial charge in [0, 0.05) is 11.6 Å². The number of carboxylic acids is 1. The van der Waals surface area contributed by atoms with Gasteiger partial charge in [0.1, 0.15) is 5.02 Å². The van der Waals surface area contributed by atoms with E-state index in [-0.39, 0.29) is 22.2 Å². The lowest BCUT2D eigenvalue weighted by molar-refractivity contribution is -0.384. The zero-order valence-corrected chi connectivity index (χ0v) is 11.0. The van der Waals surface area contributed by atoms with Gasteiger partial charge < -0.3 is 5.11 Å². The average molecular weight is 282 g/mol. The van der Waals surface area contributed by atoms with E-state index in [9.17, 15) is 14.9 Å². The summed E-state index contributed by atoms with van der Waals surface area (Å²) in [5, 5.41) is 20.0. The topological polar surface area (TPSA) is 80.4 Å². The van der Waals surface area contributed by atoms with Crippen molar-refractivity contribution in [3.63, 3.8) is 0 Å². The molecule has 1 saturated carbocycles. The number of carbonyl (C=O) groups is 1. The number of nitro groups is 1. The number of allylic oxidation sites excluding steroid dienone is 1. The van der Waals surface area contributed by atoms with Crippen molar-refractivity contribution in [3.8, 4) is 0 Å². The molecule has 1 N–H and O–H groups in total. The molecule has 1 aliphatic carbocycles. The van der Waals surface area contributed by atoms with E-state index < -0.39 is 10.9 Å². The fourth-order valence-electron chi connectivity index (χ4n) is 2.07. The van der Waals surface area contributed by atoms with E-state index in [1.54, 1.807) is 6.07 Å². The van der Waals surface area contributed by atoms with E-state index in [1.807, 2.05) is 0 Å². The lowest BCUT2D eigenvalue weighted by Gasteiger charge is -2.09. The first-order valence-corrected chi connectivity index (χ1v) is 6.18. The van der Waals surface area contributed by atoms with Gasteiger partial charge in [-0.25, -0.2) is 4.79 Å². The highest BCUT2D eigenvalue weighted by Crippen LogP contribution is 2.44. The number of rotatable bonds is 4. The van der Waals surface area contributed by atoms with Crippen molar-refractivity contribution in [2.24, 2.45) is 5.92 Å². The van der Waals surface area contributed by atoms with Crippen LogP contribution in [-0.4, -0.2) is 16.0 Å². The summed E-state index contributed by atoms with van der Waals surface area (Å²) < 4.78 is 0. The highest BCUT2D eigenvalue weighted by atomic mass is 35.5. The molecule has 1 aromatic carbocycles. The molecule has 0 bridgehead atoms. The third kappa shape index (κ3) is 2.76. The second-order valence-corrected chi connectivity index (χ2v) is 4.95. The van der Waals surface area contributed by atoms with Crippen LogP contribution in [0.15, 0.2) is 23.8 Å². The third-order valence-electron chi connectivity index (χ3n) is 3.16. The molecule has 0 aliphatic heterocycles. The Balaban J connectivity index is 2.55. The van der Waals surface area contributed by atoms with E-state index in [1.165, 1.54) is 19.1 Å². The third-order valence-corrected chi connectivity index (χ3v) is 3.48. The molecule has 0 unspecified atom stereocenters. The first-order valence-electron chi connectivity index (χ1n) is 5.80. The molecule has 0 radical (unpaired) electrons. The lowest BCUT2D eigenvalue weighted by atomic mass is 9.96. The fourth-order valence-corrected chi connectivity index (χ4v) is 2.25. The zero-order valence-electron chi connectivity index (χ0n) is 10.2. The SMILES string of the molecule is C/C(C(=O)O)=C(/c1ccc(Cl)c([N+](=O)[O-])c1)C1CC1. The van der Waals surface area contributed by atoms with Gasteiger partial charge in [0.25, 0.3) is 5.69 Å². The average Bonchev–Trinajstić information content (AvgIpc) is 3.15. The first kappa shape index (κ1) is 13.5. The van der Waals surface area contributed by atoms with Gasteiger partial charge in [-0.2, -0.15) is 0 Å². The summed E-state index contributed by atoms with van der Waals surface area (Å²) in [5.74, 6) is -0.823. The molecule has 0 atom stereocenters. The summed E-state index contributed by atoms with van der Waals surface area (Å²) in [6, 6.07) is 4.42. The number of halogens is 1. The highest BCUT2D eigenvalue weighted by Gasteiger charge is 2.31. The maximum absolute atomic E-state index is 11.1. The van der Waals surface area contributed by atoms with Gasteiger partial charge in [-0.15, -0.1) is 0 Å². The summed E-state index contributed by atoms with van der Waals surface area (Å²) in [4.78, 5) is 21.4. The van der Waals surface area contributed by atoms with Crippen molar-refractivity contribution in [1.29, 1.82) is 0 Å². The molecule has 2 rings (SSSR count). The van der Waals surface area contributed by atoms with Crippen LogP contribution in [0.4, 0.5) is 5.69 Å². The van der Waals surface area contributed by atoms with Crippen LogP contribution in [-0.2, 0) is 4.79 Å². The summed E-state index contributed by atoms with van der Waals surface area (Å²) in [5.41, 5.74) is 1.28. The van der Waals surface area contributed by atoms with Crippen molar-refractivity contribution >= 4 is 28.8 Å². The molecule has 100 valence electrons. The molecule has 0 heterocycles. The minimum atomic E-state index is -1.00. The molecule has 5 nitrogen and oxygen atoms in total. The molecule has 1 aliphatic rings. The van der Waals surface area contributed by atoms with E-state index >= 15 is 0 Å². The standard InChI is InChI=1S/C13H12ClNO4/c1-7(13(16)17)12(8-2-3-8)9-4-5-10(14)11(6-9)15(18)19/h4-6,8H,2-3H2,1H3,(H,16,17)/b12-7-. The van der Waals surface area contributed by atoms with Crippen LogP contribution in [0.1, 0.15) is 25.3 Å². The second kappa shape index (κ2) is 5.01. The Kier molecular flexibility index (Phi) is 3.57. The van der Waals surface area contributed by atoms with Crippen LogP contribution in [0, 0.1) is 16.0 Å². The van der Waals surface area contributed by atoms with Crippen LogP contribution < -0.4 is 0 Å². The van der Waals surface area contributed by atoms with E-state index in [0.717, 1.165) is 12.8 Å². The smallest absolute Gasteiger partial charge is 0.331 e.